The molecule has 4 rings (SSSR count). The summed E-state index contributed by atoms with van der Waals surface area (Å²) in [6, 6.07) is 8.55. The number of thioether (sulfide) groups is 1. The summed E-state index contributed by atoms with van der Waals surface area (Å²) in [5.41, 5.74) is 2.75. The predicted octanol–water partition coefficient (Wildman–Crippen LogP) is 3.16. The molecular weight excluding hydrogens is 353 g/mol. The molecule has 2 aromatic rings. The fourth-order valence-corrected chi connectivity index (χ4v) is 4.10. The van der Waals surface area contributed by atoms with Gasteiger partial charge < -0.3 is 16.0 Å². The maximum absolute atomic E-state index is 14.7. The van der Waals surface area contributed by atoms with Gasteiger partial charge in [-0.1, -0.05) is 6.07 Å². The van der Waals surface area contributed by atoms with Crippen molar-refractivity contribution in [1.29, 1.82) is 0 Å². The minimum Gasteiger partial charge on any atom is -0.324 e. The SMILES string of the molecule is CC1Sc2ccc(C(=O)Nc3ccc4c(c3F)CCNC4)cc2NC1=O. The lowest BCUT2D eigenvalue weighted by Crippen LogP contribution is -2.27. The van der Waals surface area contributed by atoms with Crippen molar-refractivity contribution in [2.24, 2.45) is 0 Å². The zero-order valence-electron chi connectivity index (χ0n) is 14.2. The minimum atomic E-state index is -0.404. The Hall–Kier alpha value is -2.38. The standard InChI is InChI=1S/C19H18FN3O2S/c1-10-18(24)23-15-8-11(3-5-16(15)26-10)19(25)22-14-4-2-12-9-21-7-6-13(12)17(14)20/h2-5,8,10,21H,6-7,9H2,1H3,(H,22,25)(H,23,24). The number of anilines is 2. The predicted molar refractivity (Wildman–Crippen MR) is 100 cm³/mol. The second-order valence-corrected chi connectivity index (χ2v) is 7.79. The second-order valence-electron chi connectivity index (χ2n) is 6.41. The third-order valence-electron chi connectivity index (χ3n) is 4.63. The molecule has 2 amide bonds. The zero-order chi connectivity index (χ0) is 18.3. The lowest BCUT2D eigenvalue weighted by molar-refractivity contribution is -0.115. The van der Waals surface area contributed by atoms with Crippen molar-refractivity contribution in [3.05, 3.63) is 52.8 Å². The number of carbonyl (C=O) groups is 2. The van der Waals surface area contributed by atoms with Gasteiger partial charge in [0.2, 0.25) is 5.91 Å². The number of halogens is 1. The highest BCUT2D eigenvalue weighted by atomic mass is 32.2. The van der Waals surface area contributed by atoms with Gasteiger partial charge in [0.25, 0.3) is 5.91 Å². The molecule has 3 N–H and O–H groups in total. The molecule has 0 aromatic heterocycles. The van der Waals surface area contributed by atoms with E-state index in [4.69, 9.17) is 0 Å². The maximum atomic E-state index is 14.7. The topological polar surface area (TPSA) is 70.2 Å². The Morgan fingerprint density at radius 1 is 1.31 bits per heavy atom. The smallest absolute Gasteiger partial charge is 0.255 e. The molecular formula is C19H18FN3O2S. The molecule has 0 fully saturated rings. The summed E-state index contributed by atoms with van der Waals surface area (Å²) >= 11 is 1.45. The third kappa shape index (κ3) is 3.08. The van der Waals surface area contributed by atoms with E-state index in [0.29, 0.717) is 29.8 Å². The quantitative estimate of drug-likeness (QED) is 0.758. The number of fused-ring (bicyclic) bond motifs is 2. The molecule has 5 nitrogen and oxygen atoms in total. The lowest BCUT2D eigenvalue weighted by atomic mass is 9.99. The van der Waals surface area contributed by atoms with Gasteiger partial charge in [0.15, 0.2) is 0 Å². The summed E-state index contributed by atoms with van der Waals surface area (Å²) in [6.45, 7) is 3.20. The summed E-state index contributed by atoms with van der Waals surface area (Å²) < 4.78 is 14.7. The number of hydrogen-bond donors (Lipinski definition) is 3. The number of nitrogens with one attached hydrogen (secondary N) is 3. The fraction of sp³-hybridized carbons (Fsp3) is 0.263. The Bertz CT molecular complexity index is 916. The van der Waals surface area contributed by atoms with Crippen LogP contribution >= 0.6 is 11.8 Å². The van der Waals surface area contributed by atoms with E-state index in [1.807, 2.05) is 13.0 Å². The minimum absolute atomic E-state index is 0.0885. The molecule has 0 bridgehead atoms. The van der Waals surface area contributed by atoms with E-state index >= 15 is 0 Å². The highest BCUT2D eigenvalue weighted by Gasteiger charge is 2.24. The summed E-state index contributed by atoms with van der Waals surface area (Å²) in [7, 11) is 0. The first-order valence-corrected chi connectivity index (χ1v) is 9.35. The number of amides is 2. The van der Waals surface area contributed by atoms with Crippen LogP contribution in [0.15, 0.2) is 35.2 Å². The highest BCUT2D eigenvalue weighted by Crippen LogP contribution is 2.36. The van der Waals surface area contributed by atoms with Crippen LogP contribution in [-0.4, -0.2) is 23.6 Å². The van der Waals surface area contributed by atoms with Crippen LogP contribution in [0, 0.1) is 5.82 Å². The normalized spacial score (nSPS) is 18.5. The summed E-state index contributed by atoms with van der Waals surface area (Å²) in [5, 5.41) is 8.48. The van der Waals surface area contributed by atoms with Crippen LogP contribution in [0.4, 0.5) is 15.8 Å². The van der Waals surface area contributed by atoms with Crippen LogP contribution in [0.2, 0.25) is 0 Å². The largest absolute Gasteiger partial charge is 0.324 e. The second kappa shape index (κ2) is 6.74. The molecule has 134 valence electrons. The van der Waals surface area contributed by atoms with Gasteiger partial charge in [-0.25, -0.2) is 4.39 Å². The van der Waals surface area contributed by atoms with Crippen molar-refractivity contribution in [3.63, 3.8) is 0 Å². The molecule has 2 aliphatic rings. The van der Waals surface area contributed by atoms with E-state index in [0.717, 1.165) is 17.0 Å². The van der Waals surface area contributed by atoms with E-state index in [9.17, 15) is 14.0 Å². The number of rotatable bonds is 2. The number of carbonyl (C=O) groups excluding carboxylic acids is 2. The molecule has 2 heterocycles. The third-order valence-corrected chi connectivity index (χ3v) is 5.81. The van der Waals surface area contributed by atoms with Crippen LogP contribution in [0.5, 0.6) is 0 Å². The Balaban J connectivity index is 1.58. The number of hydrogen-bond acceptors (Lipinski definition) is 4. The Kier molecular flexibility index (Phi) is 4.42. The van der Waals surface area contributed by atoms with Crippen molar-refractivity contribution in [2.45, 2.75) is 30.0 Å². The Morgan fingerprint density at radius 3 is 3.00 bits per heavy atom. The van der Waals surface area contributed by atoms with Crippen molar-refractivity contribution >= 4 is 35.0 Å². The average molecular weight is 371 g/mol. The highest BCUT2D eigenvalue weighted by molar-refractivity contribution is 8.00. The van der Waals surface area contributed by atoms with Crippen molar-refractivity contribution in [2.75, 3.05) is 17.2 Å². The molecule has 2 aliphatic heterocycles. The number of benzene rings is 2. The fourth-order valence-electron chi connectivity index (χ4n) is 3.17. The lowest BCUT2D eigenvalue weighted by Gasteiger charge is -2.22. The first kappa shape index (κ1) is 17.1. The van der Waals surface area contributed by atoms with Crippen LogP contribution in [-0.2, 0) is 17.8 Å². The average Bonchev–Trinajstić information content (AvgIpc) is 2.65. The molecule has 2 aromatic carbocycles. The van der Waals surface area contributed by atoms with Gasteiger partial charge >= 0.3 is 0 Å². The van der Waals surface area contributed by atoms with E-state index in [1.165, 1.54) is 11.8 Å². The van der Waals surface area contributed by atoms with E-state index in [1.54, 1.807) is 24.3 Å². The van der Waals surface area contributed by atoms with Crippen molar-refractivity contribution < 1.29 is 14.0 Å². The van der Waals surface area contributed by atoms with Crippen molar-refractivity contribution in [3.8, 4) is 0 Å². The molecule has 1 atom stereocenters. The Labute approximate surface area is 154 Å². The van der Waals surface area contributed by atoms with Gasteiger partial charge in [-0.15, -0.1) is 11.8 Å². The first-order chi connectivity index (χ1) is 12.5. The van der Waals surface area contributed by atoms with Gasteiger partial charge in [-0.2, -0.15) is 0 Å². The first-order valence-electron chi connectivity index (χ1n) is 8.47. The van der Waals surface area contributed by atoms with Crippen LogP contribution in [0.25, 0.3) is 0 Å². The maximum Gasteiger partial charge on any atom is 0.255 e. The van der Waals surface area contributed by atoms with Gasteiger partial charge in [0.1, 0.15) is 5.82 Å². The molecule has 0 aliphatic carbocycles. The van der Waals surface area contributed by atoms with Gasteiger partial charge in [0.05, 0.1) is 16.6 Å². The van der Waals surface area contributed by atoms with Crippen molar-refractivity contribution in [1.82, 2.24) is 5.32 Å². The molecule has 0 saturated heterocycles. The molecule has 1 unspecified atom stereocenters. The molecule has 0 spiro atoms. The van der Waals surface area contributed by atoms with Gasteiger partial charge in [0, 0.05) is 17.0 Å². The van der Waals surface area contributed by atoms with Crippen LogP contribution < -0.4 is 16.0 Å². The van der Waals surface area contributed by atoms with E-state index in [-0.39, 0.29) is 22.7 Å². The Morgan fingerprint density at radius 2 is 2.15 bits per heavy atom. The molecule has 26 heavy (non-hydrogen) atoms. The molecule has 0 radical (unpaired) electrons. The van der Waals surface area contributed by atoms with Crippen LogP contribution in [0.1, 0.15) is 28.4 Å². The summed E-state index contributed by atoms with van der Waals surface area (Å²) in [4.78, 5) is 25.3. The van der Waals surface area contributed by atoms with Crippen LogP contribution in [0.3, 0.4) is 0 Å². The molecule has 0 saturated carbocycles. The van der Waals surface area contributed by atoms with Gasteiger partial charge in [-0.05, 0) is 55.3 Å². The zero-order valence-corrected chi connectivity index (χ0v) is 15.0. The monoisotopic (exact) mass is 371 g/mol. The molecule has 7 heteroatoms. The summed E-state index contributed by atoms with van der Waals surface area (Å²) in [6.07, 6.45) is 0.602. The van der Waals surface area contributed by atoms with E-state index in [2.05, 4.69) is 16.0 Å². The van der Waals surface area contributed by atoms with Gasteiger partial charge in [-0.3, -0.25) is 9.59 Å². The van der Waals surface area contributed by atoms with E-state index < -0.39 is 5.91 Å². The summed E-state index contributed by atoms with van der Waals surface area (Å²) in [5.74, 6) is -0.860.